The third-order valence-corrected chi connectivity index (χ3v) is 11.5. The molecule has 2 N–H and O–H groups in total. The molecule has 2 atom stereocenters. The zero-order valence-corrected chi connectivity index (χ0v) is 26.1. The van der Waals surface area contributed by atoms with Gasteiger partial charge < -0.3 is 10.4 Å². The standard InChI is InChI=1S/C26H37F3N4O5S3/c1-19(2)16-33(41(37,38)31(4)5)18-25(21-12-10-20(11-13-21)24(3,34)26(27,28)29)17-32(15-14-30-25)40(35,36)23-9-7-6-8-22(23)39/h6-7,9-13,19,30,34H,8,14-18H2,1-5H3/t24?,25-/m1/s1. The third-order valence-electron chi connectivity index (χ3n) is 7.20. The maximum Gasteiger partial charge on any atom is 0.421 e. The molecule has 1 aliphatic carbocycles. The first-order valence-corrected chi connectivity index (χ1v) is 16.2. The summed E-state index contributed by atoms with van der Waals surface area (Å²) in [7, 11) is -5.29. The number of sulfonamides is 1. The van der Waals surface area contributed by atoms with Crippen molar-refractivity contribution in [2.45, 2.75) is 44.5 Å². The molecule has 1 aliphatic heterocycles. The maximum atomic E-state index is 13.7. The molecule has 0 radical (unpaired) electrons. The molecule has 0 aromatic heterocycles. The summed E-state index contributed by atoms with van der Waals surface area (Å²) in [5, 5.41) is 13.5. The summed E-state index contributed by atoms with van der Waals surface area (Å²) in [5.74, 6) is -0.0917. The minimum Gasteiger partial charge on any atom is -0.376 e. The van der Waals surface area contributed by atoms with E-state index in [-0.39, 0.29) is 48.4 Å². The number of nitrogens with one attached hydrogen (secondary N) is 1. The predicted molar refractivity (Wildman–Crippen MR) is 156 cm³/mol. The molecule has 230 valence electrons. The van der Waals surface area contributed by atoms with E-state index in [9.17, 15) is 35.1 Å². The van der Waals surface area contributed by atoms with Crippen LogP contribution in [0.15, 0.2) is 47.4 Å². The van der Waals surface area contributed by atoms with Crippen molar-refractivity contribution >= 4 is 37.3 Å². The van der Waals surface area contributed by atoms with Gasteiger partial charge in [-0.25, -0.2) is 8.42 Å². The Kier molecular flexibility index (Phi) is 9.98. The van der Waals surface area contributed by atoms with Crippen LogP contribution in [0.5, 0.6) is 0 Å². The highest BCUT2D eigenvalue weighted by Crippen LogP contribution is 2.39. The van der Waals surface area contributed by atoms with Gasteiger partial charge in [-0.3, -0.25) is 0 Å². The van der Waals surface area contributed by atoms with E-state index in [4.69, 9.17) is 12.2 Å². The Balaban J connectivity index is 2.15. The van der Waals surface area contributed by atoms with E-state index in [1.54, 1.807) is 12.2 Å². The number of hydrogen-bond acceptors (Lipinski definition) is 7. The monoisotopic (exact) mass is 638 g/mol. The number of halogens is 3. The molecule has 1 aromatic rings. The van der Waals surface area contributed by atoms with E-state index in [1.165, 1.54) is 40.9 Å². The van der Waals surface area contributed by atoms with Gasteiger partial charge in [0.1, 0.15) is 0 Å². The van der Waals surface area contributed by atoms with Crippen LogP contribution in [0.2, 0.25) is 0 Å². The molecule has 1 aromatic carbocycles. The smallest absolute Gasteiger partial charge is 0.376 e. The highest BCUT2D eigenvalue weighted by atomic mass is 32.2. The fraction of sp³-hybridized carbons (Fsp3) is 0.577. The van der Waals surface area contributed by atoms with Gasteiger partial charge in [-0.1, -0.05) is 62.5 Å². The van der Waals surface area contributed by atoms with Gasteiger partial charge in [-0.15, -0.1) is 0 Å². The van der Waals surface area contributed by atoms with Crippen molar-refractivity contribution in [2.75, 3.05) is 46.8 Å². The molecule has 15 heteroatoms. The number of nitrogens with zero attached hydrogens (tertiary/aromatic N) is 3. The molecule has 1 heterocycles. The van der Waals surface area contributed by atoms with E-state index in [0.29, 0.717) is 18.9 Å². The van der Waals surface area contributed by atoms with Gasteiger partial charge in [0.25, 0.3) is 10.2 Å². The van der Waals surface area contributed by atoms with Crippen LogP contribution in [0.3, 0.4) is 0 Å². The molecule has 0 spiro atoms. The average molecular weight is 639 g/mol. The lowest BCUT2D eigenvalue weighted by molar-refractivity contribution is -0.258. The highest BCUT2D eigenvalue weighted by Gasteiger charge is 2.51. The minimum atomic E-state index is -4.94. The van der Waals surface area contributed by atoms with Crippen LogP contribution in [-0.4, -0.2) is 92.7 Å². The topological polar surface area (TPSA) is 110 Å². The second kappa shape index (κ2) is 12.1. The minimum absolute atomic E-state index is 0.0117. The van der Waals surface area contributed by atoms with E-state index in [2.05, 4.69) is 5.32 Å². The Morgan fingerprint density at radius 1 is 1.15 bits per heavy atom. The summed E-state index contributed by atoms with van der Waals surface area (Å²) in [6, 6.07) is 4.97. The van der Waals surface area contributed by atoms with Crippen LogP contribution in [-0.2, 0) is 31.4 Å². The summed E-state index contributed by atoms with van der Waals surface area (Å²) in [6.07, 6.45) is 0.144. The number of rotatable bonds is 10. The quantitative estimate of drug-likeness (QED) is 0.380. The van der Waals surface area contributed by atoms with Crippen molar-refractivity contribution in [3.63, 3.8) is 0 Å². The van der Waals surface area contributed by atoms with Gasteiger partial charge in [0.2, 0.25) is 10.0 Å². The van der Waals surface area contributed by atoms with Gasteiger partial charge in [0, 0.05) is 58.1 Å². The van der Waals surface area contributed by atoms with E-state index < -0.39 is 43.1 Å². The van der Waals surface area contributed by atoms with Gasteiger partial charge in [0.15, 0.2) is 5.60 Å². The van der Waals surface area contributed by atoms with E-state index >= 15 is 0 Å². The fourth-order valence-electron chi connectivity index (χ4n) is 4.80. The Morgan fingerprint density at radius 3 is 2.27 bits per heavy atom. The Bertz CT molecular complexity index is 1410. The molecule has 1 fully saturated rings. The molecule has 0 bridgehead atoms. The highest BCUT2D eigenvalue weighted by molar-refractivity contribution is 7.96. The number of piperazine rings is 1. The second-order valence-electron chi connectivity index (χ2n) is 11.1. The zero-order chi connectivity index (χ0) is 31.0. The van der Waals surface area contributed by atoms with Crippen LogP contribution in [0.1, 0.15) is 38.3 Å². The summed E-state index contributed by atoms with van der Waals surface area (Å²) in [4.78, 5) is 0.245. The zero-order valence-electron chi connectivity index (χ0n) is 23.6. The molecule has 1 unspecified atom stereocenters. The Labute approximate surface area is 245 Å². The summed E-state index contributed by atoms with van der Waals surface area (Å²) < 4.78 is 98.3. The van der Waals surface area contributed by atoms with Gasteiger partial charge in [0.05, 0.1) is 10.4 Å². The average Bonchev–Trinajstić information content (AvgIpc) is 2.87. The van der Waals surface area contributed by atoms with Crippen molar-refractivity contribution in [1.82, 2.24) is 18.2 Å². The van der Waals surface area contributed by atoms with Crippen molar-refractivity contribution < 1.29 is 35.1 Å². The van der Waals surface area contributed by atoms with Crippen LogP contribution >= 0.6 is 12.2 Å². The molecule has 9 nitrogen and oxygen atoms in total. The number of hydrogen-bond donors (Lipinski definition) is 2. The third kappa shape index (κ3) is 6.93. The normalized spacial score (nSPS) is 22.8. The summed E-state index contributed by atoms with van der Waals surface area (Å²) >= 11 is 5.32. The number of thiocarbonyl (C=S) groups is 1. The number of benzene rings is 1. The lowest BCUT2D eigenvalue weighted by atomic mass is 9.85. The van der Waals surface area contributed by atoms with Crippen molar-refractivity contribution in [3.05, 3.63) is 58.5 Å². The van der Waals surface area contributed by atoms with Crippen molar-refractivity contribution in [2.24, 2.45) is 5.92 Å². The number of aliphatic hydroxyl groups is 1. The summed E-state index contributed by atoms with van der Waals surface area (Å²) in [5.41, 5.74) is -4.52. The van der Waals surface area contributed by atoms with E-state index in [0.717, 1.165) is 16.4 Å². The molecule has 41 heavy (non-hydrogen) atoms. The molecule has 2 aliphatic rings. The second-order valence-corrected chi connectivity index (χ2v) is 15.6. The Morgan fingerprint density at radius 2 is 1.76 bits per heavy atom. The maximum absolute atomic E-state index is 13.7. The number of allylic oxidation sites excluding steroid dienone is 4. The largest absolute Gasteiger partial charge is 0.421 e. The lowest BCUT2D eigenvalue weighted by Crippen LogP contribution is -2.64. The van der Waals surface area contributed by atoms with E-state index in [1.807, 2.05) is 13.8 Å². The molecule has 1 saturated heterocycles. The predicted octanol–water partition coefficient (Wildman–Crippen LogP) is 2.86. The van der Waals surface area contributed by atoms with Crippen molar-refractivity contribution in [1.29, 1.82) is 0 Å². The SMILES string of the molecule is CC(C)CN(C[C@@]1(c2ccc(C(C)(O)C(F)(F)F)cc2)CN(S(=O)(=O)C2=CC=CCC2=S)CCN1)S(=O)(=O)N(C)C. The number of alkyl halides is 3. The molecule has 3 rings (SSSR count). The van der Waals surface area contributed by atoms with Crippen LogP contribution in [0.4, 0.5) is 13.2 Å². The Hall–Kier alpha value is -1.72. The van der Waals surface area contributed by atoms with Crippen LogP contribution in [0, 0.1) is 5.92 Å². The fourth-order valence-corrected chi connectivity index (χ4v) is 8.24. The van der Waals surface area contributed by atoms with Gasteiger partial charge in [-0.05, 0) is 30.0 Å². The molecular weight excluding hydrogens is 602 g/mol. The molecule has 0 saturated carbocycles. The van der Waals surface area contributed by atoms with Gasteiger partial charge >= 0.3 is 6.18 Å². The lowest BCUT2D eigenvalue weighted by Gasteiger charge is -2.46. The van der Waals surface area contributed by atoms with Crippen molar-refractivity contribution in [3.8, 4) is 0 Å². The first kappa shape index (κ1) is 33.8. The molecule has 0 amide bonds. The summed E-state index contributed by atoms with van der Waals surface area (Å²) in [6.45, 7) is 4.21. The molecular formula is C26H37F3N4O5S3. The first-order valence-electron chi connectivity index (χ1n) is 13.0. The first-order chi connectivity index (χ1) is 18.8. The van der Waals surface area contributed by atoms with Gasteiger partial charge in [-0.2, -0.15) is 34.5 Å². The van der Waals surface area contributed by atoms with Crippen LogP contribution < -0.4 is 5.32 Å². The van der Waals surface area contributed by atoms with Crippen LogP contribution in [0.25, 0.3) is 0 Å².